The van der Waals surface area contributed by atoms with Crippen LogP contribution in [0.15, 0.2) is 24.3 Å². The Morgan fingerprint density at radius 1 is 1.16 bits per heavy atom. The molecule has 1 rings (SSSR count). The number of para-hydroxylation sites is 1. The first-order chi connectivity index (χ1) is 8.89. The first-order valence-corrected chi connectivity index (χ1v) is 6.55. The Morgan fingerprint density at radius 3 is 2.37 bits per heavy atom. The van der Waals surface area contributed by atoms with Crippen LogP contribution >= 0.6 is 0 Å². The summed E-state index contributed by atoms with van der Waals surface area (Å²) in [5.41, 5.74) is 0.627. The highest BCUT2D eigenvalue weighted by Gasteiger charge is 2.35. The van der Waals surface area contributed by atoms with Crippen LogP contribution in [0.3, 0.4) is 0 Å². The zero-order valence-electron chi connectivity index (χ0n) is 12.0. The lowest BCUT2D eigenvalue weighted by atomic mass is 9.90. The predicted octanol–water partition coefficient (Wildman–Crippen LogP) is 2.49. The van der Waals surface area contributed by atoms with Gasteiger partial charge >= 0.3 is 0 Å². The number of aryl methyl sites for hydroxylation is 1. The van der Waals surface area contributed by atoms with E-state index < -0.39 is 5.41 Å². The Labute approximate surface area is 114 Å². The summed E-state index contributed by atoms with van der Waals surface area (Å²) in [4.78, 5) is 24.2. The van der Waals surface area contributed by atoms with Crippen LogP contribution in [0.1, 0.15) is 32.8 Å². The third-order valence-electron chi connectivity index (χ3n) is 3.06. The SMILES string of the molecule is CCCNC(=O)C(C)(C)C(=O)Nc1ccccc1C. The van der Waals surface area contributed by atoms with Gasteiger partial charge in [0.2, 0.25) is 11.8 Å². The van der Waals surface area contributed by atoms with E-state index >= 15 is 0 Å². The van der Waals surface area contributed by atoms with E-state index in [2.05, 4.69) is 10.6 Å². The number of anilines is 1. The van der Waals surface area contributed by atoms with Gasteiger partial charge in [0.15, 0.2) is 0 Å². The van der Waals surface area contributed by atoms with Gasteiger partial charge in [0.25, 0.3) is 0 Å². The number of amides is 2. The fraction of sp³-hybridized carbons (Fsp3) is 0.467. The topological polar surface area (TPSA) is 58.2 Å². The Morgan fingerprint density at radius 2 is 1.79 bits per heavy atom. The summed E-state index contributed by atoms with van der Waals surface area (Å²) in [6.07, 6.45) is 0.848. The van der Waals surface area contributed by atoms with E-state index in [4.69, 9.17) is 0 Å². The van der Waals surface area contributed by atoms with E-state index in [0.717, 1.165) is 17.7 Å². The van der Waals surface area contributed by atoms with E-state index in [1.54, 1.807) is 13.8 Å². The molecule has 1 aromatic rings. The molecular formula is C15H22N2O2. The van der Waals surface area contributed by atoms with E-state index in [1.165, 1.54) is 0 Å². The first-order valence-electron chi connectivity index (χ1n) is 6.55. The largest absolute Gasteiger partial charge is 0.355 e. The molecule has 0 aliphatic carbocycles. The highest BCUT2D eigenvalue weighted by atomic mass is 16.2. The van der Waals surface area contributed by atoms with E-state index in [9.17, 15) is 9.59 Å². The molecule has 0 heterocycles. The van der Waals surface area contributed by atoms with Crippen LogP contribution < -0.4 is 10.6 Å². The van der Waals surface area contributed by atoms with Crippen molar-refractivity contribution in [1.29, 1.82) is 0 Å². The van der Waals surface area contributed by atoms with Crippen molar-refractivity contribution in [2.45, 2.75) is 34.1 Å². The molecule has 2 N–H and O–H groups in total. The van der Waals surface area contributed by atoms with Crippen molar-refractivity contribution in [3.63, 3.8) is 0 Å². The Balaban J connectivity index is 2.76. The zero-order chi connectivity index (χ0) is 14.5. The summed E-state index contributed by atoms with van der Waals surface area (Å²) in [6.45, 7) is 7.73. The van der Waals surface area contributed by atoms with Gasteiger partial charge in [-0.2, -0.15) is 0 Å². The number of carbonyl (C=O) groups excluding carboxylic acids is 2. The molecule has 0 spiro atoms. The quantitative estimate of drug-likeness (QED) is 0.801. The molecule has 0 aliphatic rings. The highest BCUT2D eigenvalue weighted by molar-refractivity contribution is 6.10. The number of carbonyl (C=O) groups is 2. The van der Waals surface area contributed by atoms with Gasteiger partial charge in [0.1, 0.15) is 5.41 Å². The van der Waals surface area contributed by atoms with Crippen LogP contribution in [0.4, 0.5) is 5.69 Å². The molecular weight excluding hydrogens is 240 g/mol. The molecule has 104 valence electrons. The molecule has 1 aromatic carbocycles. The maximum Gasteiger partial charge on any atom is 0.239 e. The highest BCUT2D eigenvalue weighted by Crippen LogP contribution is 2.21. The van der Waals surface area contributed by atoms with Gasteiger partial charge in [0, 0.05) is 12.2 Å². The molecule has 0 saturated carbocycles. The zero-order valence-corrected chi connectivity index (χ0v) is 12.0. The lowest BCUT2D eigenvalue weighted by molar-refractivity contribution is -0.138. The van der Waals surface area contributed by atoms with Gasteiger partial charge in [-0.25, -0.2) is 0 Å². The monoisotopic (exact) mass is 262 g/mol. The number of hydrogen-bond acceptors (Lipinski definition) is 2. The molecule has 2 amide bonds. The molecule has 0 unspecified atom stereocenters. The predicted molar refractivity (Wildman–Crippen MR) is 76.9 cm³/mol. The smallest absolute Gasteiger partial charge is 0.239 e. The number of benzene rings is 1. The Bertz CT molecular complexity index is 467. The molecule has 0 atom stereocenters. The molecule has 0 aliphatic heterocycles. The summed E-state index contributed by atoms with van der Waals surface area (Å²) < 4.78 is 0. The van der Waals surface area contributed by atoms with Crippen molar-refractivity contribution >= 4 is 17.5 Å². The first kappa shape index (κ1) is 15.2. The van der Waals surface area contributed by atoms with Crippen molar-refractivity contribution in [2.75, 3.05) is 11.9 Å². The van der Waals surface area contributed by atoms with Crippen LogP contribution in [0.25, 0.3) is 0 Å². The minimum absolute atomic E-state index is 0.250. The second kappa shape index (κ2) is 6.36. The Hall–Kier alpha value is -1.84. The van der Waals surface area contributed by atoms with Crippen molar-refractivity contribution in [1.82, 2.24) is 5.32 Å². The molecule has 4 heteroatoms. The van der Waals surface area contributed by atoms with Crippen molar-refractivity contribution < 1.29 is 9.59 Å². The fourth-order valence-corrected chi connectivity index (χ4v) is 1.55. The standard InChI is InChI=1S/C15H22N2O2/c1-5-10-16-13(18)15(3,4)14(19)17-12-9-7-6-8-11(12)2/h6-9H,5,10H2,1-4H3,(H,16,18)(H,17,19). The number of nitrogens with one attached hydrogen (secondary N) is 2. The van der Waals surface area contributed by atoms with Gasteiger partial charge in [0.05, 0.1) is 0 Å². The summed E-state index contributed by atoms with van der Waals surface area (Å²) in [7, 11) is 0. The molecule has 4 nitrogen and oxygen atoms in total. The van der Waals surface area contributed by atoms with Gasteiger partial charge in [-0.05, 0) is 38.8 Å². The van der Waals surface area contributed by atoms with Crippen LogP contribution in [-0.2, 0) is 9.59 Å². The third-order valence-corrected chi connectivity index (χ3v) is 3.06. The maximum absolute atomic E-state index is 12.2. The van der Waals surface area contributed by atoms with Crippen LogP contribution in [0.2, 0.25) is 0 Å². The fourth-order valence-electron chi connectivity index (χ4n) is 1.55. The number of rotatable bonds is 5. The molecule has 0 aromatic heterocycles. The Kier molecular flexibility index (Phi) is 5.10. The van der Waals surface area contributed by atoms with Crippen LogP contribution in [0.5, 0.6) is 0 Å². The third kappa shape index (κ3) is 3.81. The average molecular weight is 262 g/mol. The lowest BCUT2D eigenvalue weighted by Crippen LogP contribution is -2.45. The van der Waals surface area contributed by atoms with Crippen LogP contribution in [0, 0.1) is 12.3 Å². The van der Waals surface area contributed by atoms with E-state index in [0.29, 0.717) is 6.54 Å². The number of hydrogen-bond donors (Lipinski definition) is 2. The van der Waals surface area contributed by atoms with Gasteiger partial charge in [-0.3, -0.25) is 9.59 Å². The summed E-state index contributed by atoms with van der Waals surface area (Å²) in [6, 6.07) is 7.50. The lowest BCUT2D eigenvalue weighted by Gasteiger charge is -2.23. The molecule has 0 fully saturated rings. The maximum atomic E-state index is 12.2. The van der Waals surface area contributed by atoms with Gasteiger partial charge in [-0.15, -0.1) is 0 Å². The average Bonchev–Trinajstić information content (AvgIpc) is 2.38. The summed E-state index contributed by atoms with van der Waals surface area (Å²) in [5.74, 6) is -0.546. The molecule has 0 bridgehead atoms. The van der Waals surface area contributed by atoms with Gasteiger partial charge in [-0.1, -0.05) is 25.1 Å². The summed E-state index contributed by atoms with van der Waals surface area (Å²) >= 11 is 0. The molecule has 19 heavy (non-hydrogen) atoms. The van der Waals surface area contributed by atoms with Crippen molar-refractivity contribution in [3.8, 4) is 0 Å². The molecule has 0 radical (unpaired) electrons. The summed E-state index contributed by atoms with van der Waals surface area (Å²) in [5, 5.41) is 5.56. The van der Waals surface area contributed by atoms with E-state index in [1.807, 2.05) is 38.1 Å². The van der Waals surface area contributed by atoms with Crippen molar-refractivity contribution in [3.05, 3.63) is 29.8 Å². The van der Waals surface area contributed by atoms with E-state index in [-0.39, 0.29) is 11.8 Å². The van der Waals surface area contributed by atoms with Crippen molar-refractivity contribution in [2.24, 2.45) is 5.41 Å². The van der Waals surface area contributed by atoms with Crippen LogP contribution in [-0.4, -0.2) is 18.4 Å². The van der Waals surface area contributed by atoms with Gasteiger partial charge < -0.3 is 10.6 Å². The second-order valence-electron chi connectivity index (χ2n) is 5.15. The normalized spacial score (nSPS) is 10.9. The second-order valence-corrected chi connectivity index (χ2v) is 5.15. The minimum atomic E-state index is -1.09. The minimum Gasteiger partial charge on any atom is -0.355 e. The molecule has 0 saturated heterocycles.